The minimum Gasteiger partial charge on any atom is -0.397 e. The van der Waals surface area contributed by atoms with E-state index in [1.165, 1.54) is 11.1 Å². The number of nitrogens with one attached hydrogen (secondary N) is 1. The average molecular weight is 295 g/mol. The Hall–Kier alpha value is -1.38. The summed E-state index contributed by atoms with van der Waals surface area (Å²) in [5, 5.41) is 4.24. The number of nitrogens with two attached hydrogens (primary N) is 1. The second-order valence-electron chi connectivity index (χ2n) is 4.38. The van der Waals surface area contributed by atoms with Gasteiger partial charge in [0.25, 0.3) is 0 Å². The summed E-state index contributed by atoms with van der Waals surface area (Å²) < 4.78 is 0. The average Bonchev–Trinajstić information content (AvgIpc) is 2.42. The van der Waals surface area contributed by atoms with Gasteiger partial charge in [-0.1, -0.05) is 54.4 Å². The Balaban J connectivity index is 2.07. The molecular weight excluding hydrogens is 279 g/mol. The molecule has 2 rings (SSSR count). The van der Waals surface area contributed by atoms with Crippen LogP contribution in [0, 0.1) is 0 Å². The maximum atomic E-state index is 5.98. The lowest BCUT2D eigenvalue weighted by molar-refractivity contribution is 1.11. The van der Waals surface area contributed by atoms with E-state index in [0.717, 1.165) is 12.1 Å². The van der Waals surface area contributed by atoms with Gasteiger partial charge in [0.2, 0.25) is 0 Å². The quantitative estimate of drug-likeness (QED) is 0.799. The van der Waals surface area contributed by atoms with Crippen molar-refractivity contribution >= 4 is 34.6 Å². The second-order valence-corrected chi connectivity index (χ2v) is 5.19. The Morgan fingerprint density at radius 1 is 1.00 bits per heavy atom. The smallest absolute Gasteiger partial charge is 0.0614 e. The van der Waals surface area contributed by atoms with Crippen molar-refractivity contribution < 1.29 is 0 Å². The summed E-state index contributed by atoms with van der Waals surface area (Å²) in [6.07, 6.45) is 1.05. The zero-order valence-electron chi connectivity index (χ0n) is 10.7. The topological polar surface area (TPSA) is 38.0 Å². The van der Waals surface area contributed by atoms with Crippen LogP contribution in [-0.4, -0.2) is 0 Å². The van der Waals surface area contributed by atoms with Crippen LogP contribution in [0.1, 0.15) is 18.1 Å². The van der Waals surface area contributed by atoms with Crippen molar-refractivity contribution in [3.8, 4) is 0 Å². The van der Waals surface area contributed by atoms with Crippen molar-refractivity contribution in [1.29, 1.82) is 0 Å². The summed E-state index contributed by atoms with van der Waals surface area (Å²) in [6.45, 7) is 2.84. The Kier molecular flexibility index (Phi) is 4.56. The first-order valence-corrected chi connectivity index (χ1v) is 6.92. The van der Waals surface area contributed by atoms with Crippen LogP contribution in [-0.2, 0) is 13.0 Å². The summed E-state index contributed by atoms with van der Waals surface area (Å²) in [5.74, 6) is 0. The minimum atomic E-state index is 0.469. The van der Waals surface area contributed by atoms with Crippen molar-refractivity contribution in [1.82, 2.24) is 0 Å². The predicted molar refractivity (Wildman–Crippen MR) is 84.0 cm³/mol. The van der Waals surface area contributed by atoms with Crippen LogP contribution < -0.4 is 11.1 Å². The fourth-order valence-corrected chi connectivity index (χ4v) is 2.14. The van der Waals surface area contributed by atoms with Crippen molar-refractivity contribution in [2.24, 2.45) is 0 Å². The molecule has 19 heavy (non-hydrogen) atoms. The molecule has 0 unspecified atom stereocenters. The van der Waals surface area contributed by atoms with Crippen LogP contribution in [0.15, 0.2) is 36.4 Å². The molecule has 0 saturated carbocycles. The number of rotatable bonds is 4. The minimum absolute atomic E-state index is 0.469. The molecule has 0 radical (unpaired) electrons. The molecule has 2 nitrogen and oxygen atoms in total. The summed E-state index contributed by atoms with van der Waals surface area (Å²) in [4.78, 5) is 0. The zero-order valence-corrected chi connectivity index (χ0v) is 12.2. The van der Waals surface area contributed by atoms with E-state index in [0.29, 0.717) is 22.3 Å². The Morgan fingerprint density at radius 3 is 2.21 bits per heavy atom. The van der Waals surface area contributed by atoms with Crippen molar-refractivity contribution in [3.63, 3.8) is 0 Å². The highest BCUT2D eigenvalue weighted by Crippen LogP contribution is 2.30. The van der Waals surface area contributed by atoms with Crippen LogP contribution in [0.3, 0.4) is 0 Å². The Labute approximate surface area is 123 Å². The molecule has 0 atom stereocenters. The van der Waals surface area contributed by atoms with Gasteiger partial charge in [0, 0.05) is 6.54 Å². The third-order valence-electron chi connectivity index (χ3n) is 3.01. The van der Waals surface area contributed by atoms with Gasteiger partial charge in [-0.25, -0.2) is 0 Å². The highest BCUT2D eigenvalue weighted by molar-refractivity contribution is 6.42. The normalized spacial score (nSPS) is 10.5. The van der Waals surface area contributed by atoms with E-state index < -0.39 is 0 Å². The molecule has 0 spiro atoms. The predicted octanol–water partition coefficient (Wildman–Crippen LogP) is 4.75. The molecule has 0 bridgehead atoms. The van der Waals surface area contributed by atoms with Gasteiger partial charge in [0.1, 0.15) is 0 Å². The van der Waals surface area contributed by atoms with Crippen LogP contribution in [0.2, 0.25) is 10.0 Å². The molecule has 0 aliphatic rings. The molecule has 0 aliphatic heterocycles. The van der Waals surface area contributed by atoms with Crippen LogP contribution in [0.4, 0.5) is 11.4 Å². The first-order chi connectivity index (χ1) is 9.10. The summed E-state index contributed by atoms with van der Waals surface area (Å²) in [6, 6.07) is 11.9. The lowest BCUT2D eigenvalue weighted by atomic mass is 10.1. The van der Waals surface area contributed by atoms with Crippen molar-refractivity contribution in [2.45, 2.75) is 19.9 Å². The van der Waals surface area contributed by atoms with E-state index >= 15 is 0 Å². The highest BCUT2D eigenvalue weighted by Gasteiger charge is 2.04. The van der Waals surface area contributed by atoms with Gasteiger partial charge in [-0.05, 0) is 29.7 Å². The van der Waals surface area contributed by atoms with Crippen molar-refractivity contribution in [2.75, 3.05) is 11.1 Å². The molecule has 100 valence electrons. The zero-order chi connectivity index (χ0) is 13.8. The summed E-state index contributed by atoms with van der Waals surface area (Å²) in [5.41, 5.74) is 9.82. The Bertz CT molecular complexity index is 565. The number of benzene rings is 2. The Morgan fingerprint density at radius 2 is 1.58 bits per heavy atom. The molecule has 0 amide bonds. The third-order valence-corrected chi connectivity index (χ3v) is 3.73. The standard InChI is InChI=1S/C15H16Cl2N2/c1-2-10-3-5-11(6-4-10)9-19-15-8-13(17)12(16)7-14(15)18/h3-8,19H,2,9,18H2,1H3. The van der Waals surface area contributed by atoms with Gasteiger partial charge in [-0.3, -0.25) is 0 Å². The number of hydrogen-bond donors (Lipinski definition) is 2. The maximum Gasteiger partial charge on any atom is 0.0614 e. The van der Waals surface area contributed by atoms with Crippen LogP contribution >= 0.6 is 23.2 Å². The molecule has 2 aromatic rings. The van der Waals surface area contributed by atoms with Crippen LogP contribution in [0.25, 0.3) is 0 Å². The molecule has 0 aliphatic carbocycles. The van der Waals surface area contributed by atoms with E-state index in [2.05, 4.69) is 36.5 Å². The molecule has 0 fully saturated rings. The molecule has 4 heteroatoms. The number of hydrogen-bond acceptors (Lipinski definition) is 2. The molecule has 3 N–H and O–H groups in total. The number of halogens is 2. The highest BCUT2D eigenvalue weighted by atomic mass is 35.5. The van der Waals surface area contributed by atoms with Crippen LogP contribution in [0.5, 0.6) is 0 Å². The molecule has 0 heterocycles. The van der Waals surface area contributed by atoms with Crippen molar-refractivity contribution in [3.05, 3.63) is 57.6 Å². The number of aryl methyl sites for hydroxylation is 1. The van der Waals surface area contributed by atoms with E-state index in [4.69, 9.17) is 28.9 Å². The van der Waals surface area contributed by atoms with E-state index in [9.17, 15) is 0 Å². The lowest BCUT2D eigenvalue weighted by Crippen LogP contribution is -2.02. The van der Waals surface area contributed by atoms with Gasteiger partial charge in [0.05, 0.1) is 21.4 Å². The number of nitrogen functional groups attached to an aromatic ring is 1. The van der Waals surface area contributed by atoms with Gasteiger partial charge in [-0.15, -0.1) is 0 Å². The molecular formula is C15H16Cl2N2. The van der Waals surface area contributed by atoms with Gasteiger partial charge < -0.3 is 11.1 Å². The third kappa shape index (κ3) is 3.55. The maximum absolute atomic E-state index is 5.98. The van der Waals surface area contributed by atoms with E-state index in [1.54, 1.807) is 12.1 Å². The monoisotopic (exact) mass is 294 g/mol. The van der Waals surface area contributed by atoms with Gasteiger partial charge in [0.15, 0.2) is 0 Å². The summed E-state index contributed by atoms with van der Waals surface area (Å²) >= 11 is 11.9. The SMILES string of the molecule is CCc1ccc(CNc2cc(Cl)c(Cl)cc2N)cc1. The molecule has 2 aromatic carbocycles. The fraction of sp³-hybridized carbons (Fsp3) is 0.200. The lowest BCUT2D eigenvalue weighted by Gasteiger charge is -2.11. The first-order valence-electron chi connectivity index (χ1n) is 6.16. The largest absolute Gasteiger partial charge is 0.397 e. The second kappa shape index (κ2) is 6.18. The fourth-order valence-electron chi connectivity index (χ4n) is 1.81. The number of anilines is 2. The van der Waals surface area contributed by atoms with E-state index in [-0.39, 0.29) is 0 Å². The van der Waals surface area contributed by atoms with Gasteiger partial charge in [-0.2, -0.15) is 0 Å². The molecule has 0 saturated heterocycles. The first kappa shape index (κ1) is 14.0. The van der Waals surface area contributed by atoms with E-state index in [1.807, 2.05) is 0 Å². The summed E-state index contributed by atoms with van der Waals surface area (Å²) in [7, 11) is 0. The molecule has 0 aromatic heterocycles. The van der Waals surface area contributed by atoms with Gasteiger partial charge >= 0.3 is 0 Å².